The average molecular weight is 902 g/mol. The molecule has 2 aliphatic heterocycles. The summed E-state index contributed by atoms with van der Waals surface area (Å²) in [5, 5.41) is 6.06. The van der Waals surface area contributed by atoms with Gasteiger partial charge in [0.25, 0.3) is 23.6 Å². The second-order valence-corrected chi connectivity index (χ2v) is 16.4. The zero-order valence-electron chi connectivity index (χ0n) is 27.2. The first-order valence-electron chi connectivity index (χ1n) is 16.8. The Hall–Kier alpha value is -2.40. The van der Waals surface area contributed by atoms with Crippen molar-refractivity contribution in [2.24, 2.45) is 0 Å². The monoisotopic (exact) mass is 898 g/mol. The van der Waals surface area contributed by atoms with Gasteiger partial charge in [0, 0.05) is 95.3 Å². The van der Waals surface area contributed by atoms with E-state index in [2.05, 4.69) is 77.6 Å². The Morgan fingerprint density at radius 1 is 0.458 bits per heavy atom. The maximum atomic E-state index is 14.3. The Morgan fingerprint density at radius 3 is 0.958 bits per heavy atom. The summed E-state index contributed by atoms with van der Waals surface area (Å²) >= 11 is 15.4. The van der Waals surface area contributed by atoms with Crippen molar-refractivity contribution in [2.45, 2.75) is 91.1 Å². The quantitative estimate of drug-likeness (QED) is 0.0795. The van der Waals surface area contributed by atoms with Gasteiger partial charge in [-0.25, -0.2) is 0 Å². The van der Waals surface area contributed by atoms with E-state index in [0.29, 0.717) is 63.8 Å². The lowest BCUT2D eigenvalue weighted by molar-refractivity contribution is 0.0508. The van der Waals surface area contributed by atoms with Gasteiger partial charge in [0.2, 0.25) is 0 Å². The highest BCUT2D eigenvalue weighted by molar-refractivity contribution is 9.11. The van der Waals surface area contributed by atoms with Crippen molar-refractivity contribution in [3.63, 3.8) is 0 Å². The number of halogens is 4. The molecule has 248 valence electrons. The minimum atomic E-state index is -0.282. The fourth-order valence-corrected chi connectivity index (χ4v) is 10.6. The third-order valence-corrected chi connectivity index (χ3v) is 12.9. The topological polar surface area (TPSA) is 74.8 Å². The number of rotatable bonds is 10. The van der Waals surface area contributed by atoms with Gasteiger partial charge in [0.05, 0.1) is 0 Å². The largest absolute Gasteiger partial charge is 0.271 e. The first kappa shape index (κ1) is 34.1. The van der Waals surface area contributed by atoms with Gasteiger partial charge in [0.15, 0.2) is 0 Å². The van der Waals surface area contributed by atoms with E-state index in [1.807, 2.05) is 38.1 Å². The Kier molecular flexibility index (Phi) is 9.04. The molecule has 0 N–H and O–H groups in total. The minimum absolute atomic E-state index is 0.193. The van der Waals surface area contributed by atoms with Gasteiger partial charge in [-0.05, 0) is 49.9 Å². The van der Waals surface area contributed by atoms with Crippen LogP contribution in [0, 0.1) is 0 Å². The van der Waals surface area contributed by atoms with Crippen molar-refractivity contribution in [3.8, 4) is 0 Å². The van der Waals surface area contributed by atoms with Crippen LogP contribution in [0.2, 0.25) is 0 Å². The van der Waals surface area contributed by atoms with Gasteiger partial charge in [-0.3, -0.25) is 29.0 Å². The first-order valence-corrected chi connectivity index (χ1v) is 19.9. The predicted octanol–water partition coefficient (Wildman–Crippen LogP) is 11.9. The minimum Gasteiger partial charge on any atom is -0.271 e. The fraction of sp³-hybridized carbons (Fsp3) is 0.368. The number of nitrogens with zero attached hydrogens (tertiary/aromatic N) is 2. The number of hydrogen-bond acceptors (Lipinski definition) is 4. The lowest BCUT2D eigenvalue weighted by atomic mass is 9.81. The molecule has 2 atom stereocenters. The molecular weight excluding hydrogens is 868 g/mol. The molecule has 2 heterocycles. The highest BCUT2D eigenvalue weighted by atomic mass is 79.9. The molecule has 5 aromatic carbocycles. The van der Waals surface area contributed by atoms with E-state index in [-0.39, 0.29) is 35.7 Å². The number of carbonyl (C=O) groups excluding carboxylic acids is 4. The molecule has 7 rings (SSSR count). The molecule has 48 heavy (non-hydrogen) atoms. The maximum absolute atomic E-state index is 14.3. The van der Waals surface area contributed by atoms with Gasteiger partial charge >= 0.3 is 0 Å². The van der Waals surface area contributed by atoms with Crippen molar-refractivity contribution in [2.75, 3.05) is 0 Å². The van der Waals surface area contributed by atoms with E-state index in [0.717, 1.165) is 70.8 Å². The summed E-state index contributed by atoms with van der Waals surface area (Å²) in [6.07, 6.45) is 6.69. The van der Waals surface area contributed by atoms with Crippen LogP contribution in [0.15, 0.2) is 42.2 Å². The standard InChI is InChI=1S/C38H34Br4N2O4/c1-5-9-11-17(7-3)43-35(45)19-13-23(39)29-31-25(41)15-21-28-22(38(48)44(37(21)47)18(8-4)12-10-6-2)16-26(42)32(34(28)31)30-24(40)14-20(36(43)46)27(19)33(29)30/h13-18H,5-12H2,1-4H3. The molecule has 0 saturated heterocycles. The van der Waals surface area contributed by atoms with Crippen LogP contribution in [0.5, 0.6) is 0 Å². The highest BCUT2D eigenvalue weighted by Crippen LogP contribution is 2.54. The summed E-state index contributed by atoms with van der Waals surface area (Å²) in [5.74, 6) is -1.13. The smallest absolute Gasteiger partial charge is 0.261 e. The Bertz CT molecular complexity index is 1960. The Morgan fingerprint density at radius 2 is 0.729 bits per heavy atom. The molecular formula is C38H34Br4N2O4. The normalized spacial score (nSPS) is 16.1. The van der Waals surface area contributed by atoms with E-state index < -0.39 is 0 Å². The Labute approximate surface area is 312 Å². The van der Waals surface area contributed by atoms with Crippen molar-refractivity contribution < 1.29 is 19.2 Å². The van der Waals surface area contributed by atoms with E-state index in [4.69, 9.17) is 0 Å². The Balaban J connectivity index is 1.59. The van der Waals surface area contributed by atoms with Crippen LogP contribution in [-0.2, 0) is 0 Å². The summed E-state index contributed by atoms with van der Waals surface area (Å²) in [7, 11) is 0. The molecule has 0 fully saturated rings. The van der Waals surface area contributed by atoms with Crippen LogP contribution in [0.3, 0.4) is 0 Å². The van der Waals surface area contributed by atoms with E-state index in [1.165, 1.54) is 9.80 Å². The SMILES string of the molecule is CCCCC(CC)N1C(=O)c2cc(Br)c3c4c(Br)cc5c6c(cc(Br)c(c7c(Br)cc(c2c37)C1=O)c64)C(=O)N(C(CC)CCCC)C5=O. The molecule has 2 unspecified atom stereocenters. The lowest BCUT2D eigenvalue weighted by Gasteiger charge is -2.35. The summed E-state index contributed by atoms with van der Waals surface area (Å²) in [6.45, 7) is 8.27. The highest BCUT2D eigenvalue weighted by Gasteiger charge is 2.42. The number of carbonyl (C=O) groups is 4. The third-order valence-electron chi connectivity index (χ3n) is 10.4. The van der Waals surface area contributed by atoms with Gasteiger partial charge in [-0.1, -0.05) is 117 Å². The van der Waals surface area contributed by atoms with E-state index >= 15 is 0 Å². The number of benzene rings is 5. The van der Waals surface area contributed by atoms with Crippen LogP contribution in [0.25, 0.3) is 43.1 Å². The van der Waals surface area contributed by atoms with Gasteiger partial charge in [0.1, 0.15) is 0 Å². The number of hydrogen-bond donors (Lipinski definition) is 0. The van der Waals surface area contributed by atoms with Crippen molar-refractivity contribution >= 4 is 130 Å². The molecule has 10 heteroatoms. The van der Waals surface area contributed by atoms with Crippen LogP contribution >= 0.6 is 63.7 Å². The van der Waals surface area contributed by atoms with E-state index in [1.54, 1.807) is 0 Å². The average Bonchev–Trinajstić information content (AvgIpc) is 3.06. The van der Waals surface area contributed by atoms with Gasteiger partial charge < -0.3 is 0 Å². The molecule has 6 nitrogen and oxygen atoms in total. The molecule has 0 bridgehead atoms. The zero-order chi connectivity index (χ0) is 34.3. The molecule has 0 saturated carbocycles. The lowest BCUT2D eigenvalue weighted by Crippen LogP contribution is -2.47. The summed E-state index contributed by atoms with van der Waals surface area (Å²) in [5.41, 5.74) is 1.94. The zero-order valence-corrected chi connectivity index (χ0v) is 33.5. The fourth-order valence-electron chi connectivity index (χ4n) is 8.07. The van der Waals surface area contributed by atoms with Crippen LogP contribution < -0.4 is 0 Å². The van der Waals surface area contributed by atoms with Crippen LogP contribution in [-0.4, -0.2) is 45.5 Å². The van der Waals surface area contributed by atoms with Crippen molar-refractivity contribution in [1.29, 1.82) is 0 Å². The molecule has 5 aromatic rings. The van der Waals surface area contributed by atoms with Gasteiger partial charge in [-0.15, -0.1) is 0 Å². The second-order valence-electron chi connectivity index (χ2n) is 13.0. The van der Waals surface area contributed by atoms with E-state index in [9.17, 15) is 19.2 Å². The number of unbranched alkanes of at least 4 members (excludes halogenated alkanes) is 2. The summed E-state index contributed by atoms with van der Waals surface area (Å²) in [6, 6.07) is 6.97. The number of imide groups is 2. The third kappa shape index (κ3) is 4.71. The maximum Gasteiger partial charge on any atom is 0.261 e. The molecule has 2 aliphatic rings. The molecule has 0 aromatic heterocycles. The summed E-state index contributed by atoms with van der Waals surface area (Å²) < 4.78 is 2.79. The second kappa shape index (κ2) is 12.7. The number of fused-ring (bicyclic) bond motifs is 2. The predicted molar refractivity (Wildman–Crippen MR) is 207 cm³/mol. The van der Waals surface area contributed by atoms with Crippen LogP contribution in [0.1, 0.15) is 120 Å². The van der Waals surface area contributed by atoms with Crippen LogP contribution in [0.4, 0.5) is 0 Å². The molecule has 0 radical (unpaired) electrons. The molecule has 0 aliphatic carbocycles. The number of amides is 4. The van der Waals surface area contributed by atoms with Crippen molar-refractivity contribution in [1.82, 2.24) is 9.80 Å². The van der Waals surface area contributed by atoms with Gasteiger partial charge in [-0.2, -0.15) is 0 Å². The van der Waals surface area contributed by atoms with Crippen molar-refractivity contribution in [3.05, 3.63) is 64.4 Å². The summed E-state index contributed by atoms with van der Waals surface area (Å²) in [4.78, 5) is 60.0. The molecule has 0 spiro atoms. The first-order chi connectivity index (χ1) is 23.0. The molecule has 4 amide bonds.